The predicted octanol–water partition coefficient (Wildman–Crippen LogP) is -3.44. The molecule has 0 saturated carbocycles. The van der Waals surface area contributed by atoms with Crippen molar-refractivity contribution in [3.63, 3.8) is 0 Å². The molecular weight excluding hydrogens is 368 g/mol. The van der Waals surface area contributed by atoms with E-state index in [4.69, 9.17) is 10.8 Å². The number of aliphatic carboxylic acids is 1. The summed E-state index contributed by atoms with van der Waals surface area (Å²) in [4.78, 5) is 46.9. The molecular formula is C14H26N4O7S. The summed E-state index contributed by atoms with van der Waals surface area (Å²) in [5.41, 5.74) is 5.44. The molecule has 150 valence electrons. The molecule has 0 saturated heterocycles. The van der Waals surface area contributed by atoms with Crippen molar-refractivity contribution < 1.29 is 34.5 Å². The first-order chi connectivity index (χ1) is 11.9. The number of hydrogen-bond donors (Lipinski definition) is 8. The number of aliphatic hydroxyl groups excluding tert-OH is 2. The molecule has 3 amide bonds. The van der Waals surface area contributed by atoms with Crippen LogP contribution in [0.5, 0.6) is 0 Å². The molecule has 0 rings (SSSR count). The zero-order valence-corrected chi connectivity index (χ0v) is 15.6. The van der Waals surface area contributed by atoms with Crippen LogP contribution >= 0.6 is 12.6 Å². The largest absolute Gasteiger partial charge is 0.480 e. The first kappa shape index (κ1) is 24.1. The molecule has 0 aliphatic carbocycles. The van der Waals surface area contributed by atoms with E-state index in [9.17, 15) is 29.4 Å². The number of rotatable bonds is 10. The van der Waals surface area contributed by atoms with Crippen LogP contribution in [0.4, 0.5) is 0 Å². The topological polar surface area (TPSA) is 191 Å². The minimum atomic E-state index is -1.45. The highest BCUT2D eigenvalue weighted by Gasteiger charge is 2.31. The highest BCUT2D eigenvalue weighted by molar-refractivity contribution is 7.80. The fourth-order valence-electron chi connectivity index (χ4n) is 1.72. The van der Waals surface area contributed by atoms with Gasteiger partial charge in [0.25, 0.3) is 0 Å². The van der Waals surface area contributed by atoms with Gasteiger partial charge in [0, 0.05) is 5.75 Å². The van der Waals surface area contributed by atoms with E-state index in [0.717, 1.165) is 0 Å². The Labute approximate surface area is 156 Å². The monoisotopic (exact) mass is 394 g/mol. The third kappa shape index (κ3) is 7.56. The zero-order chi connectivity index (χ0) is 20.6. The van der Waals surface area contributed by atoms with Gasteiger partial charge < -0.3 is 37.0 Å². The van der Waals surface area contributed by atoms with Crippen LogP contribution in [0.15, 0.2) is 0 Å². The number of carboxylic acids is 1. The molecule has 0 heterocycles. The summed E-state index contributed by atoms with van der Waals surface area (Å²) in [5, 5.41) is 34.5. The number of aliphatic hydroxyl groups is 2. The van der Waals surface area contributed by atoms with Crippen LogP contribution in [0.3, 0.4) is 0 Å². The number of carboxylic acid groups (broad SMARTS) is 1. The van der Waals surface area contributed by atoms with Crippen LogP contribution in [0.1, 0.15) is 20.8 Å². The lowest BCUT2D eigenvalue weighted by molar-refractivity contribution is -0.142. The second-order valence-corrected chi connectivity index (χ2v) is 6.17. The van der Waals surface area contributed by atoms with E-state index in [1.807, 2.05) is 0 Å². The van der Waals surface area contributed by atoms with Crippen molar-refractivity contribution in [3.8, 4) is 0 Å². The summed E-state index contributed by atoms with van der Waals surface area (Å²) in [6, 6.07) is -5.12. The van der Waals surface area contributed by atoms with Crippen molar-refractivity contribution in [2.75, 3.05) is 5.75 Å². The van der Waals surface area contributed by atoms with Crippen LogP contribution in [0.2, 0.25) is 0 Å². The molecule has 0 aromatic rings. The number of amides is 3. The fraction of sp³-hybridized carbons (Fsp3) is 0.714. The molecule has 6 atom stereocenters. The van der Waals surface area contributed by atoms with Crippen molar-refractivity contribution in [1.29, 1.82) is 0 Å². The zero-order valence-electron chi connectivity index (χ0n) is 14.7. The average molecular weight is 394 g/mol. The Morgan fingerprint density at radius 1 is 0.923 bits per heavy atom. The number of carbonyl (C=O) groups excluding carboxylic acids is 3. The molecule has 8 N–H and O–H groups in total. The van der Waals surface area contributed by atoms with Crippen LogP contribution < -0.4 is 21.7 Å². The lowest BCUT2D eigenvalue weighted by Crippen LogP contribution is -2.60. The van der Waals surface area contributed by atoms with Gasteiger partial charge in [-0.25, -0.2) is 4.79 Å². The molecule has 0 aromatic heterocycles. The Morgan fingerprint density at radius 3 is 1.85 bits per heavy atom. The standard InChI is InChI=1S/C14H26N4O7S/c1-5(16-12(22)9(15)6(2)19)11(21)18-10(7(3)20)13(23)17-8(4-26)14(24)25/h5-10,19-20,26H,4,15H2,1-3H3,(H,16,22)(H,17,23)(H,18,21)(H,24,25)/t5-,6+,7+,8-,9-,10-/m0/s1. The van der Waals surface area contributed by atoms with Crippen molar-refractivity contribution in [2.24, 2.45) is 5.73 Å². The van der Waals surface area contributed by atoms with Gasteiger partial charge in [-0.1, -0.05) is 0 Å². The van der Waals surface area contributed by atoms with Crippen molar-refractivity contribution in [2.45, 2.75) is 57.1 Å². The normalized spacial score (nSPS) is 17.8. The molecule has 0 spiro atoms. The molecule has 11 nitrogen and oxygen atoms in total. The van der Waals surface area contributed by atoms with Gasteiger partial charge in [-0.05, 0) is 20.8 Å². The number of nitrogens with one attached hydrogen (secondary N) is 3. The molecule has 26 heavy (non-hydrogen) atoms. The Hall–Kier alpha value is -1.89. The smallest absolute Gasteiger partial charge is 0.327 e. The molecule has 0 radical (unpaired) electrons. The van der Waals surface area contributed by atoms with Crippen molar-refractivity contribution in [3.05, 3.63) is 0 Å². The Balaban J connectivity index is 4.93. The predicted molar refractivity (Wildman–Crippen MR) is 94.3 cm³/mol. The minimum absolute atomic E-state index is 0.189. The van der Waals surface area contributed by atoms with Gasteiger partial charge in [0.05, 0.1) is 12.2 Å². The molecule has 0 bridgehead atoms. The van der Waals surface area contributed by atoms with Gasteiger partial charge >= 0.3 is 5.97 Å². The number of thiol groups is 1. The van der Waals surface area contributed by atoms with E-state index in [1.54, 1.807) is 0 Å². The highest BCUT2D eigenvalue weighted by atomic mass is 32.1. The summed E-state index contributed by atoms with van der Waals surface area (Å²) < 4.78 is 0. The number of hydrogen-bond acceptors (Lipinski definition) is 8. The van der Waals surface area contributed by atoms with Crippen LogP contribution in [0, 0.1) is 0 Å². The van der Waals surface area contributed by atoms with Crippen LogP contribution in [-0.2, 0) is 19.2 Å². The number of carbonyl (C=O) groups is 4. The first-order valence-corrected chi connectivity index (χ1v) is 8.42. The summed E-state index contributed by atoms with van der Waals surface area (Å²) >= 11 is 3.80. The van der Waals surface area contributed by atoms with Gasteiger partial charge in [-0.2, -0.15) is 12.6 Å². The molecule has 0 aromatic carbocycles. The summed E-state index contributed by atoms with van der Waals surface area (Å²) in [5.74, 6) is -4.02. The van der Waals surface area contributed by atoms with E-state index in [2.05, 4.69) is 28.6 Å². The van der Waals surface area contributed by atoms with E-state index >= 15 is 0 Å². The molecule has 12 heteroatoms. The second kappa shape index (κ2) is 11.0. The van der Waals surface area contributed by atoms with Gasteiger partial charge in [0.2, 0.25) is 17.7 Å². The SMILES string of the molecule is C[C@H](NC(=O)[C@@H](N)[C@@H](C)O)C(=O)N[C@H](C(=O)N[C@@H](CS)C(=O)O)[C@@H](C)O. The van der Waals surface area contributed by atoms with Gasteiger partial charge in [-0.15, -0.1) is 0 Å². The van der Waals surface area contributed by atoms with Gasteiger partial charge in [0.1, 0.15) is 24.2 Å². The maximum Gasteiger partial charge on any atom is 0.327 e. The summed E-state index contributed by atoms with van der Waals surface area (Å²) in [6.45, 7) is 3.85. The third-order valence-electron chi connectivity index (χ3n) is 3.43. The minimum Gasteiger partial charge on any atom is -0.480 e. The molecule has 0 aliphatic heterocycles. The van der Waals surface area contributed by atoms with E-state index in [0.29, 0.717) is 0 Å². The average Bonchev–Trinajstić information content (AvgIpc) is 2.55. The quantitative estimate of drug-likeness (QED) is 0.175. The lowest BCUT2D eigenvalue weighted by Gasteiger charge is -2.25. The molecule has 0 aliphatic rings. The first-order valence-electron chi connectivity index (χ1n) is 7.78. The molecule has 0 unspecified atom stereocenters. The maximum atomic E-state index is 12.1. The fourth-order valence-corrected chi connectivity index (χ4v) is 1.97. The van der Waals surface area contributed by atoms with Gasteiger partial charge in [0.15, 0.2) is 0 Å². The number of nitrogens with two attached hydrogens (primary N) is 1. The van der Waals surface area contributed by atoms with Crippen LogP contribution in [-0.4, -0.2) is 81.1 Å². The Morgan fingerprint density at radius 2 is 1.46 bits per heavy atom. The summed E-state index contributed by atoms with van der Waals surface area (Å²) in [6.07, 6.45) is -2.47. The van der Waals surface area contributed by atoms with Crippen molar-refractivity contribution >= 4 is 36.3 Å². The van der Waals surface area contributed by atoms with Gasteiger partial charge in [-0.3, -0.25) is 14.4 Å². The Kier molecular flexibility index (Phi) is 10.2. The van der Waals surface area contributed by atoms with E-state index in [-0.39, 0.29) is 5.75 Å². The highest BCUT2D eigenvalue weighted by Crippen LogP contribution is 1.99. The maximum absolute atomic E-state index is 12.1. The van der Waals surface area contributed by atoms with Crippen LogP contribution in [0.25, 0.3) is 0 Å². The second-order valence-electron chi connectivity index (χ2n) is 5.81. The molecule has 0 fully saturated rings. The van der Waals surface area contributed by atoms with E-state index in [1.165, 1.54) is 20.8 Å². The summed E-state index contributed by atoms with van der Waals surface area (Å²) in [7, 11) is 0. The Bertz CT molecular complexity index is 529. The lowest BCUT2D eigenvalue weighted by atomic mass is 10.1. The third-order valence-corrected chi connectivity index (χ3v) is 3.80. The van der Waals surface area contributed by atoms with Crippen molar-refractivity contribution in [1.82, 2.24) is 16.0 Å². The van der Waals surface area contributed by atoms with E-state index < -0.39 is 60.1 Å².